The molecule has 2 N–H and O–H groups in total. The van der Waals surface area contributed by atoms with Crippen molar-refractivity contribution >= 4 is 29.9 Å². The number of ketones is 2. The van der Waals surface area contributed by atoms with Gasteiger partial charge in [-0.05, 0) is 57.2 Å². The Morgan fingerprint density at radius 3 is 2.39 bits per heavy atom. The van der Waals surface area contributed by atoms with Crippen LogP contribution in [0.2, 0.25) is 0 Å². The number of aromatic nitrogens is 1. The smallest absolute Gasteiger partial charge is 0.331 e. The number of aliphatic hydroxyl groups is 1. The molecule has 0 atom stereocenters. The molecule has 2 rings (SSSR count). The molecule has 28 heavy (non-hydrogen) atoms. The van der Waals surface area contributed by atoms with Crippen molar-refractivity contribution in [3.63, 3.8) is 0 Å². The molecule has 150 valence electrons. The lowest BCUT2D eigenvalue weighted by atomic mass is 9.88. The molecular weight excluding hydrogens is 382 g/mol. The zero-order valence-corrected chi connectivity index (χ0v) is 16.7. The highest BCUT2D eigenvalue weighted by molar-refractivity contribution is 6.50. The van der Waals surface area contributed by atoms with Gasteiger partial charge in [-0.3, -0.25) is 14.6 Å². The molecule has 7 heteroatoms. The molecule has 1 aliphatic carbocycles. The molecule has 1 aromatic rings. The van der Waals surface area contributed by atoms with Crippen LogP contribution in [0.5, 0.6) is 0 Å². The number of pyridine rings is 1. The second-order valence-electron chi connectivity index (χ2n) is 6.57. The van der Waals surface area contributed by atoms with Gasteiger partial charge < -0.3 is 10.2 Å². The SMILES string of the molecule is CC1=C(O)C(/C=C(\CCCCCc2cccnc2)C(=O)O)=C(C)C(=O)C1=O.Cl. The Hall–Kier alpha value is -2.73. The van der Waals surface area contributed by atoms with Crippen LogP contribution in [0.15, 0.2) is 58.7 Å². The van der Waals surface area contributed by atoms with Gasteiger partial charge in [-0.2, -0.15) is 0 Å². The van der Waals surface area contributed by atoms with E-state index in [-0.39, 0.29) is 40.5 Å². The van der Waals surface area contributed by atoms with Gasteiger partial charge in [0.05, 0.1) is 0 Å². The molecule has 0 fully saturated rings. The number of unbranched alkanes of at least 4 members (excludes halogenated alkanes) is 2. The molecular formula is C21H24ClNO5. The fourth-order valence-corrected chi connectivity index (χ4v) is 2.91. The lowest BCUT2D eigenvalue weighted by molar-refractivity contribution is -0.132. The maximum atomic E-state index is 11.9. The van der Waals surface area contributed by atoms with Crippen molar-refractivity contribution in [2.75, 3.05) is 0 Å². The fourth-order valence-electron chi connectivity index (χ4n) is 2.91. The highest BCUT2D eigenvalue weighted by Crippen LogP contribution is 2.27. The Balaban J connectivity index is 0.00000392. The zero-order valence-electron chi connectivity index (χ0n) is 15.9. The van der Waals surface area contributed by atoms with E-state index in [4.69, 9.17) is 0 Å². The van der Waals surface area contributed by atoms with E-state index in [2.05, 4.69) is 4.98 Å². The minimum absolute atomic E-state index is 0. The van der Waals surface area contributed by atoms with Crippen LogP contribution in [0, 0.1) is 0 Å². The van der Waals surface area contributed by atoms with Crippen molar-refractivity contribution in [3.8, 4) is 0 Å². The van der Waals surface area contributed by atoms with Crippen molar-refractivity contribution in [2.24, 2.45) is 0 Å². The molecule has 1 aromatic heterocycles. The molecule has 0 saturated carbocycles. The van der Waals surface area contributed by atoms with Crippen LogP contribution < -0.4 is 0 Å². The van der Waals surface area contributed by atoms with Crippen LogP contribution in [0.4, 0.5) is 0 Å². The van der Waals surface area contributed by atoms with Gasteiger partial charge in [-0.15, -0.1) is 12.4 Å². The Bertz CT molecular complexity index is 853. The lowest BCUT2D eigenvalue weighted by Gasteiger charge is -2.16. The Morgan fingerprint density at radius 1 is 1.11 bits per heavy atom. The van der Waals surface area contributed by atoms with Gasteiger partial charge in [0.25, 0.3) is 0 Å². The third kappa shape index (κ3) is 5.63. The first-order valence-electron chi connectivity index (χ1n) is 8.85. The van der Waals surface area contributed by atoms with E-state index >= 15 is 0 Å². The topological polar surface area (TPSA) is 105 Å². The van der Waals surface area contributed by atoms with Crippen molar-refractivity contribution in [2.45, 2.75) is 46.0 Å². The van der Waals surface area contributed by atoms with Crippen LogP contribution in [0.25, 0.3) is 0 Å². The molecule has 0 saturated heterocycles. The third-order valence-electron chi connectivity index (χ3n) is 4.63. The van der Waals surface area contributed by atoms with E-state index in [1.54, 1.807) is 6.20 Å². The number of carbonyl (C=O) groups is 3. The summed E-state index contributed by atoms with van der Waals surface area (Å²) in [7, 11) is 0. The molecule has 1 heterocycles. The van der Waals surface area contributed by atoms with E-state index in [0.29, 0.717) is 12.8 Å². The molecule has 1 aliphatic rings. The van der Waals surface area contributed by atoms with Crippen LogP contribution in [0.1, 0.15) is 45.1 Å². The van der Waals surface area contributed by atoms with Gasteiger partial charge in [-0.1, -0.05) is 12.5 Å². The number of hydrogen-bond acceptors (Lipinski definition) is 5. The fraction of sp³-hybridized carbons (Fsp3) is 0.333. The van der Waals surface area contributed by atoms with Crippen LogP contribution in [0.3, 0.4) is 0 Å². The minimum atomic E-state index is -1.10. The van der Waals surface area contributed by atoms with Crippen LogP contribution >= 0.6 is 12.4 Å². The van der Waals surface area contributed by atoms with Crippen LogP contribution in [-0.4, -0.2) is 32.7 Å². The number of aryl methyl sites for hydroxylation is 1. The molecule has 0 bridgehead atoms. The van der Waals surface area contributed by atoms with E-state index < -0.39 is 17.5 Å². The summed E-state index contributed by atoms with van der Waals surface area (Å²) in [5, 5.41) is 19.6. The first-order valence-corrected chi connectivity index (χ1v) is 8.85. The number of hydrogen-bond donors (Lipinski definition) is 2. The number of allylic oxidation sites excluding steroid dienone is 3. The summed E-state index contributed by atoms with van der Waals surface area (Å²) in [6, 6.07) is 3.89. The summed E-state index contributed by atoms with van der Waals surface area (Å²) >= 11 is 0. The quantitative estimate of drug-likeness (QED) is 0.294. The van der Waals surface area contributed by atoms with Gasteiger partial charge in [0.1, 0.15) is 5.76 Å². The largest absolute Gasteiger partial charge is 0.507 e. The second kappa shape index (κ2) is 10.6. The summed E-state index contributed by atoms with van der Waals surface area (Å²) in [5.41, 5.74) is 1.37. The van der Waals surface area contributed by atoms with Crippen molar-refractivity contribution in [1.29, 1.82) is 0 Å². The lowest BCUT2D eigenvalue weighted by Crippen LogP contribution is -2.23. The van der Waals surface area contributed by atoms with Crippen LogP contribution in [-0.2, 0) is 20.8 Å². The molecule has 0 radical (unpaired) electrons. The molecule has 0 amide bonds. The van der Waals surface area contributed by atoms with Gasteiger partial charge >= 0.3 is 5.97 Å². The third-order valence-corrected chi connectivity index (χ3v) is 4.63. The van der Waals surface area contributed by atoms with E-state index in [0.717, 1.165) is 24.8 Å². The highest BCUT2D eigenvalue weighted by atomic mass is 35.5. The number of aliphatic hydroxyl groups excluding tert-OH is 1. The number of aliphatic carboxylic acids is 1. The Labute approximate surface area is 170 Å². The first kappa shape index (κ1) is 23.3. The number of carboxylic acid groups (broad SMARTS) is 1. The van der Waals surface area contributed by atoms with Gasteiger partial charge in [-0.25, -0.2) is 4.79 Å². The number of carbonyl (C=O) groups excluding carboxylic acids is 2. The molecule has 6 nitrogen and oxygen atoms in total. The number of nitrogens with zero attached hydrogens (tertiary/aromatic N) is 1. The predicted octanol–water partition coefficient (Wildman–Crippen LogP) is 3.92. The molecule has 0 aromatic carbocycles. The maximum Gasteiger partial charge on any atom is 0.331 e. The summed E-state index contributed by atoms with van der Waals surface area (Å²) < 4.78 is 0. The zero-order chi connectivity index (χ0) is 20.0. The van der Waals surface area contributed by atoms with E-state index in [1.165, 1.54) is 19.9 Å². The van der Waals surface area contributed by atoms with Gasteiger partial charge in [0, 0.05) is 34.7 Å². The average molecular weight is 406 g/mol. The number of halogens is 1. The summed E-state index contributed by atoms with van der Waals surface area (Å²) in [4.78, 5) is 39.3. The van der Waals surface area contributed by atoms with E-state index in [9.17, 15) is 24.6 Å². The maximum absolute atomic E-state index is 11.9. The Kier molecular flexibility index (Phi) is 8.79. The van der Waals surface area contributed by atoms with E-state index in [1.807, 2.05) is 18.3 Å². The Morgan fingerprint density at radius 2 is 1.79 bits per heavy atom. The second-order valence-corrected chi connectivity index (χ2v) is 6.57. The monoisotopic (exact) mass is 405 g/mol. The molecule has 0 unspecified atom stereocenters. The summed E-state index contributed by atoms with van der Waals surface area (Å²) in [6.07, 6.45) is 8.46. The first-order chi connectivity index (χ1) is 12.8. The number of rotatable bonds is 8. The molecule has 0 aliphatic heterocycles. The average Bonchev–Trinajstić information content (AvgIpc) is 2.66. The predicted molar refractivity (Wildman–Crippen MR) is 107 cm³/mol. The summed E-state index contributed by atoms with van der Waals surface area (Å²) in [6.45, 7) is 2.77. The van der Waals surface area contributed by atoms with Crippen molar-refractivity contribution in [3.05, 3.63) is 64.2 Å². The minimum Gasteiger partial charge on any atom is -0.507 e. The molecule has 0 spiro atoms. The van der Waals surface area contributed by atoms with Gasteiger partial charge in [0.2, 0.25) is 11.6 Å². The number of carboxylic acids is 1. The normalized spacial score (nSPS) is 15.0. The highest BCUT2D eigenvalue weighted by Gasteiger charge is 2.30. The summed E-state index contributed by atoms with van der Waals surface area (Å²) in [5.74, 6) is -2.89. The van der Waals surface area contributed by atoms with Crippen molar-refractivity contribution in [1.82, 2.24) is 4.98 Å². The van der Waals surface area contributed by atoms with Gasteiger partial charge in [0.15, 0.2) is 0 Å². The number of Topliss-reactive ketones (excluding diaryl/α,β-unsaturated/α-hetero) is 2. The van der Waals surface area contributed by atoms with Crippen molar-refractivity contribution < 1.29 is 24.6 Å². The standard InChI is InChI=1S/C21H23NO5.ClH/c1-13-17(18(23)14(2)20(25)19(13)24)11-16(21(26)27)9-5-3-4-7-15-8-6-10-22-12-15;/h6,8,10-12,23H,3-5,7,9H2,1-2H3,(H,26,27);1H/b16-11+;.